The smallest absolute Gasteiger partial charge is 0.311 e. The number of hydrogen-bond donors (Lipinski definition) is 0. The van der Waals surface area contributed by atoms with Gasteiger partial charge in [-0.15, -0.1) is 0 Å². The van der Waals surface area contributed by atoms with E-state index in [0.29, 0.717) is 35.5 Å². The van der Waals surface area contributed by atoms with E-state index in [0.717, 1.165) is 0 Å². The Kier molecular flexibility index (Phi) is 11.8. The predicted octanol–water partition coefficient (Wildman–Crippen LogP) is 5.37. The second kappa shape index (κ2) is 15.0. The van der Waals surface area contributed by atoms with Crippen molar-refractivity contribution in [1.29, 1.82) is 0 Å². The third-order valence-corrected chi connectivity index (χ3v) is 5.00. The number of carbonyl (C=O) groups is 4. The van der Waals surface area contributed by atoms with Crippen LogP contribution in [-0.2, 0) is 19.2 Å². The fraction of sp³-hybridized carbons (Fsp3) is 0.310. The third-order valence-electron chi connectivity index (χ3n) is 5.00. The van der Waals surface area contributed by atoms with Crippen molar-refractivity contribution in [1.82, 2.24) is 0 Å². The van der Waals surface area contributed by atoms with E-state index in [9.17, 15) is 19.2 Å². The molecule has 0 aliphatic rings. The van der Waals surface area contributed by atoms with E-state index in [4.69, 9.17) is 18.9 Å². The molecular weight excluding hydrogens is 476 g/mol. The van der Waals surface area contributed by atoms with Gasteiger partial charge in [-0.2, -0.15) is 0 Å². The number of carbonyl (C=O) groups excluding carboxylic acids is 4. The first kappa shape index (κ1) is 29.0. The lowest BCUT2D eigenvalue weighted by Gasteiger charge is -2.09. The Labute approximate surface area is 216 Å². The van der Waals surface area contributed by atoms with Gasteiger partial charge in [0.1, 0.15) is 0 Å². The molecule has 0 aliphatic carbocycles. The molecule has 0 spiro atoms. The highest BCUT2D eigenvalue weighted by atomic mass is 16.6. The van der Waals surface area contributed by atoms with Gasteiger partial charge in [-0.3, -0.25) is 19.2 Å². The molecule has 2 aromatic carbocycles. The standard InChI is InChI=1S/C29H32O8/c1-5-7-28(32)36-26-17-20(11-15-24(26)34-3)9-13-22(30)19-23(31)14-10-21-12-16-25(35-4)27(18-21)37-29(33)8-6-2/h9-18H,5-8,19H2,1-4H3/b13-9+,14-10+. The summed E-state index contributed by atoms with van der Waals surface area (Å²) in [5.41, 5.74) is 1.22. The summed E-state index contributed by atoms with van der Waals surface area (Å²) in [4.78, 5) is 48.3. The number of benzene rings is 2. The summed E-state index contributed by atoms with van der Waals surface area (Å²) in [5, 5.41) is 0. The quantitative estimate of drug-likeness (QED) is 0.145. The molecule has 0 saturated heterocycles. The summed E-state index contributed by atoms with van der Waals surface area (Å²) in [6.07, 6.45) is 7.21. The molecule has 0 fully saturated rings. The van der Waals surface area contributed by atoms with Gasteiger partial charge in [0.05, 0.1) is 20.6 Å². The minimum atomic E-state index is -0.390. The minimum Gasteiger partial charge on any atom is -0.493 e. The molecule has 0 heterocycles. The zero-order chi connectivity index (χ0) is 27.2. The van der Waals surface area contributed by atoms with Crippen molar-refractivity contribution < 1.29 is 38.1 Å². The van der Waals surface area contributed by atoms with Gasteiger partial charge in [-0.1, -0.05) is 38.1 Å². The van der Waals surface area contributed by atoms with Gasteiger partial charge in [0.2, 0.25) is 0 Å². The van der Waals surface area contributed by atoms with Crippen molar-refractivity contribution in [3.05, 3.63) is 59.7 Å². The number of methoxy groups -OCH3 is 2. The predicted molar refractivity (Wildman–Crippen MR) is 140 cm³/mol. The van der Waals surface area contributed by atoms with Crippen LogP contribution in [0.3, 0.4) is 0 Å². The van der Waals surface area contributed by atoms with Gasteiger partial charge in [-0.05, 0) is 60.4 Å². The molecule has 0 saturated carbocycles. The average molecular weight is 509 g/mol. The minimum absolute atomic E-state index is 0.258. The highest BCUT2D eigenvalue weighted by Crippen LogP contribution is 2.30. The van der Waals surface area contributed by atoms with E-state index < -0.39 is 0 Å². The van der Waals surface area contributed by atoms with Crippen LogP contribution in [0.25, 0.3) is 12.2 Å². The Balaban J connectivity index is 2.02. The lowest BCUT2D eigenvalue weighted by atomic mass is 10.1. The first-order valence-corrected chi connectivity index (χ1v) is 12.0. The highest BCUT2D eigenvalue weighted by Gasteiger charge is 2.12. The number of ketones is 2. The van der Waals surface area contributed by atoms with E-state index in [-0.39, 0.29) is 54.3 Å². The van der Waals surface area contributed by atoms with Crippen molar-refractivity contribution in [2.75, 3.05) is 14.2 Å². The summed E-state index contributed by atoms with van der Waals surface area (Å²) >= 11 is 0. The van der Waals surface area contributed by atoms with Crippen LogP contribution in [-0.4, -0.2) is 37.7 Å². The third kappa shape index (κ3) is 9.76. The normalized spacial score (nSPS) is 10.9. The molecule has 0 amide bonds. The molecule has 0 aromatic heterocycles. The molecule has 2 aromatic rings. The zero-order valence-corrected chi connectivity index (χ0v) is 21.6. The second-order valence-corrected chi connectivity index (χ2v) is 8.04. The Bertz CT molecular complexity index is 1080. The van der Waals surface area contributed by atoms with Gasteiger partial charge < -0.3 is 18.9 Å². The zero-order valence-electron chi connectivity index (χ0n) is 21.6. The Morgan fingerprint density at radius 3 is 1.41 bits per heavy atom. The van der Waals surface area contributed by atoms with Gasteiger partial charge in [-0.25, -0.2) is 0 Å². The monoisotopic (exact) mass is 508 g/mol. The SMILES string of the molecule is CCCC(=O)Oc1cc(/C=C/C(=O)CC(=O)/C=C/c2ccc(OC)c(OC(=O)CCC)c2)ccc1OC. The highest BCUT2D eigenvalue weighted by molar-refractivity contribution is 6.10. The van der Waals surface area contributed by atoms with Crippen molar-refractivity contribution in [3.8, 4) is 23.0 Å². The molecule has 0 N–H and O–H groups in total. The largest absolute Gasteiger partial charge is 0.493 e. The fourth-order valence-corrected chi connectivity index (χ4v) is 3.18. The van der Waals surface area contributed by atoms with Crippen molar-refractivity contribution >= 4 is 35.7 Å². The molecule has 196 valence electrons. The molecule has 2 rings (SSSR count). The van der Waals surface area contributed by atoms with E-state index in [1.54, 1.807) is 36.4 Å². The maximum atomic E-state index is 12.3. The average Bonchev–Trinajstić information content (AvgIpc) is 2.86. The molecule has 0 atom stereocenters. The van der Waals surface area contributed by atoms with Crippen LogP contribution in [0.5, 0.6) is 23.0 Å². The summed E-state index contributed by atoms with van der Waals surface area (Å²) < 4.78 is 21.1. The van der Waals surface area contributed by atoms with Gasteiger partial charge >= 0.3 is 11.9 Å². The van der Waals surface area contributed by atoms with Gasteiger partial charge in [0.15, 0.2) is 34.6 Å². The lowest BCUT2D eigenvalue weighted by Crippen LogP contribution is -2.08. The molecule has 0 radical (unpaired) electrons. The maximum absolute atomic E-state index is 12.3. The number of esters is 2. The molecule has 8 nitrogen and oxygen atoms in total. The summed E-state index contributed by atoms with van der Waals surface area (Å²) in [6, 6.07) is 9.86. The van der Waals surface area contributed by atoms with Crippen LogP contribution in [0.15, 0.2) is 48.6 Å². The van der Waals surface area contributed by atoms with Gasteiger partial charge in [0.25, 0.3) is 0 Å². The molecule has 0 bridgehead atoms. The summed E-state index contributed by atoms with van der Waals surface area (Å²) in [7, 11) is 2.94. The topological polar surface area (TPSA) is 105 Å². The van der Waals surface area contributed by atoms with Crippen LogP contribution in [0.2, 0.25) is 0 Å². The number of rotatable bonds is 14. The van der Waals surface area contributed by atoms with Crippen LogP contribution < -0.4 is 18.9 Å². The van der Waals surface area contributed by atoms with Crippen LogP contribution in [0.1, 0.15) is 57.1 Å². The lowest BCUT2D eigenvalue weighted by molar-refractivity contribution is -0.135. The van der Waals surface area contributed by atoms with E-state index in [1.807, 2.05) is 13.8 Å². The first-order chi connectivity index (χ1) is 17.8. The fourth-order valence-electron chi connectivity index (χ4n) is 3.18. The number of hydrogen-bond acceptors (Lipinski definition) is 8. The molecule has 0 aliphatic heterocycles. The van der Waals surface area contributed by atoms with Crippen LogP contribution >= 0.6 is 0 Å². The van der Waals surface area contributed by atoms with E-state index >= 15 is 0 Å². The van der Waals surface area contributed by atoms with Crippen LogP contribution in [0, 0.1) is 0 Å². The second-order valence-electron chi connectivity index (χ2n) is 8.04. The van der Waals surface area contributed by atoms with Crippen molar-refractivity contribution in [2.45, 2.75) is 46.0 Å². The summed E-state index contributed by atoms with van der Waals surface area (Å²) in [6.45, 7) is 3.75. The molecule has 8 heteroatoms. The van der Waals surface area contributed by atoms with Gasteiger partial charge in [0, 0.05) is 12.8 Å². The Morgan fingerprint density at radius 2 is 1.05 bits per heavy atom. The Morgan fingerprint density at radius 1 is 0.649 bits per heavy atom. The molecule has 0 unspecified atom stereocenters. The maximum Gasteiger partial charge on any atom is 0.311 e. The van der Waals surface area contributed by atoms with Crippen LogP contribution in [0.4, 0.5) is 0 Å². The first-order valence-electron chi connectivity index (χ1n) is 12.0. The van der Waals surface area contributed by atoms with Crippen molar-refractivity contribution in [3.63, 3.8) is 0 Å². The molecular formula is C29H32O8. The molecule has 37 heavy (non-hydrogen) atoms. The van der Waals surface area contributed by atoms with Crippen molar-refractivity contribution in [2.24, 2.45) is 0 Å². The van der Waals surface area contributed by atoms with E-state index in [2.05, 4.69) is 0 Å². The van der Waals surface area contributed by atoms with E-state index in [1.165, 1.54) is 38.5 Å². The number of allylic oxidation sites excluding steroid dienone is 2. The Hall–Kier alpha value is -4.20. The summed E-state index contributed by atoms with van der Waals surface area (Å²) in [5.74, 6) is -0.220. The number of ether oxygens (including phenoxy) is 4.